The van der Waals surface area contributed by atoms with E-state index in [1.165, 1.54) is 33.0 Å². The van der Waals surface area contributed by atoms with Gasteiger partial charge in [0.1, 0.15) is 5.78 Å². The molecule has 1 nitrogen and oxygen atoms in total. The molecule has 2 aromatic carbocycles. The quantitative estimate of drug-likeness (QED) is 0.685. The van der Waals surface area contributed by atoms with Gasteiger partial charge in [0.2, 0.25) is 0 Å². The van der Waals surface area contributed by atoms with Crippen molar-refractivity contribution in [3.63, 3.8) is 0 Å². The molecule has 3 aliphatic rings. The van der Waals surface area contributed by atoms with Crippen molar-refractivity contribution in [3.8, 4) is 0 Å². The SMILES string of the molecule is CCc1cccc2cc3c(cc12)CCC(=O)C31CC2=CCC1C2. The Hall–Kier alpha value is -1.89. The molecule has 0 radical (unpaired) electrons. The van der Waals surface area contributed by atoms with Gasteiger partial charge in [-0.3, -0.25) is 4.79 Å². The monoisotopic (exact) mass is 302 g/mol. The second-order valence-electron chi connectivity index (χ2n) is 7.57. The van der Waals surface area contributed by atoms with Crippen LogP contribution in [0.5, 0.6) is 0 Å². The van der Waals surface area contributed by atoms with Crippen LogP contribution in [0.4, 0.5) is 0 Å². The molecule has 2 unspecified atom stereocenters. The number of hydrogen-bond acceptors (Lipinski definition) is 1. The fraction of sp³-hybridized carbons (Fsp3) is 0.409. The van der Waals surface area contributed by atoms with E-state index in [0.29, 0.717) is 11.7 Å². The summed E-state index contributed by atoms with van der Waals surface area (Å²) in [6.45, 7) is 2.22. The molecule has 2 atom stereocenters. The zero-order valence-corrected chi connectivity index (χ0v) is 13.7. The van der Waals surface area contributed by atoms with E-state index in [4.69, 9.17) is 0 Å². The Balaban J connectivity index is 1.79. The number of carbonyl (C=O) groups is 1. The summed E-state index contributed by atoms with van der Waals surface area (Å²) in [5, 5.41) is 2.70. The van der Waals surface area contributed by atoms with Crippen LogP contribution in [0.25, 0.3) is 10.8 Å². The van der Waals surface area contributed by atoms with Gasteiger partial charge in [-0.2, -0.15) is 0 Å². The van der Waals surface area contributed by atoms with E-state index in [2.05, 4.69) is 43.3 Å². The first-order valence-electron chi connectivity index (χ1n) is 8.98. The maximum absolute atomic E-state index is 13.0. The van der Waals surface area contributed by atoms with Crippen molar-refractivity contribution in [2.24, 2.45) is 5.92 Å². The number of fused-ring (bicyclic) bond motifs is 6. The Labute approximate surface area is 137 Å². The van der Waals surface area contributed by atoms with Crippen molar-refractivity contribution >= 4 is 16.6 Å². The molecular weight excluding hydrogens is 280 g/mol. The molecule has 2 aromatic rings. The highest BCUT2D eigenvalue weighted by molar-refractivity contribution is 5.97. The summed E-state index contributed by atoms with van der Waals surface area (Å²) in [5.41, 5.74) is 5.56. The minimum absolute atomic E-state index is 0.186. The number of allylic oxidation sites excluding steroid dienone is 2. The fourth-order valence-electron chi connectivity index (χ4n) is 5.44. The zero-order chi connectivity index (χ0) is 15.6. The second-order valence-corrected chi connectivity index (χ2v) is 7.57. The Bertz CT molecular complexity index is 873. The topological polar surface area (TPSA) is 17.1 Å². The molecule has 1 spiro atoms. The van der Waals surface area contributed by atoms with Crippen molar-refractivity contribution in [1.29, 1.82) is 0 Å². The Morgan fingerprint density at radius 1 is 1.22 bits per heavy atom. The lowest BCUT2D eigenvalue weighted by atomic mass is 9.61. The van der Waals surface area contributed by atoms with Crippen LogP contribution in [0.1, 0.15) is 49.3 Å². The van der Waals surface area contributed by atoms with Crippen LogP contribution in [-0.4, -0.2) is 5.78 Å². The van der Waals surface area contributed by atoms with E-state index >= 15 is 0 Å². The highest BCUT2D eigenvalue weighted by Gasteiger charge is 2.55. The maximum atomic E-state index is 13.0. The van der Waals surface area contributed by atoms with Crippen molar-refractivity contribution in [1.82, 2.24) is 0 Å². The molecule has 0 aliphatic heterocycles. The number of aryl methyl sites for hydroxylation is 2. The van der Waals surface area contributed by atoms with Gasteiger partial charge in [-0.05, 0) is 71.6 Å². The Morgan fingerprint density at radius 3 is 2.87 bits per heavy atom. The molecule has 0 heterocycles. The molecule has 3 aliphatic carbocycles. The van der Waals surface area contributed by atoms with Crippen LogP contribution >= 0.6 is 0 Å². The van der Waals surface area contributed by atoms with Crippen molar-refractivity contribution in [2.45, 2.75) is 50.9 Å². The highest BCUT2D eigenvalue weighted by Crippen LogP contribution is 2.57. The summed E-state index contributed by atoms with van der Waals surface area (Å²) >= 11 is 0. The number of hydrogen-bond donors (Lipinski definition) is 0. The Kier molecular flexibility index (Phi) is 2.69. The smallest absolute Gasteiger partial charge is 0.144 e. The lowest BCUT2D eigenvalue weighted by molar-refractivity contribution is -0.126. The third kappa shape index (κ3) is 1.66. The second kappa shape index (κ2) is 4.56. The summed E-state index contributed by atoms with van der Waals surface area (Å²) in [5.74, 6) is 1.03. The molecule has 0 saturated heterocycles. The molecule has 1 heteroatoms. The van der Waals surface area contributed by atoms with Crippen molar-refractivity contribution in [3.05, 3.63) is 58.7 Å². The van der Waals surface area contributed by atoms with Crippen LogP contribution in [0.15, 0.2) is 42.0 Å². The van der Waals surface area contributed by atoms with Gasteiger partial charge in [0.15, 0.2) is 0 Å². The third-order valence-corrected chi connectivity index (χ3v) is 6.58. The van der Waals surface area contributed by atoms with Crippen molar-refractivity contribution in [2.75, 3.05) is 0 Å². The number of carbonyl (C=O) groups excluding carboxylic acids is 1. The highest BCUT2D eigenvalue weighted by atomic mass is 16.1. The molecule has 0 amide bonds. The van der Waals surface area contributed by atoms with Gasteiger partial charge >= 0.3 is 0 Å². The van der Waals surface area contributed by atoms with Gasteiger partial charge in [0.25, 0.3) is 0 Å². The van der Waals surface area contributed by atoms with Gasteiger partial charge in [-0.15, -0.1) is 0 Å². The van der Waals surface area contributed by atoms with E-state index in [-0.39, 0.29) is 5.41 Å². The zero-order valence-electron chi connectivity index (χ0n) is 13.7. The van der Waals surface area contributed by atoms with Crippen molar-refractivity contribution < 1.29 is 4.79 Å². The Morgan fingerprint density at radius 2 is 2.13 bits per heavy atom. The normalized spacial score (nSPS) is 28.5. The minimum atomic E-state index is -0.186. The average Bonchev–Trinajstić information content (AvgIpc) is 3.18. The van der Waals surface area contributed by atoms with Crippen LogP contribution in [0.2, 0.25) is 0 Å². The molecule has 116 valence electrons. The summed E-state index contributed by atoms with van der Waals surface area (Å²) in [6.07, 6.45) is 8.35. The standard InChI is InChI=1S/C22H22O/c1-2-15-4-3-5-16-12-20-17(11-19(15)16)7-9-21(23)22(20)13-14-6-8-18(22)10-14/h3-6,11-12,18H,2,7-10,13H2,1H3. The molecule has 0 aromatic heterocycles. The number of ketones is 1. The average molecular weight is 302 g/mol. The van der Waals surface area contributed by atoms with Gasteiger partial charge in [-0.25, -0.2) is 0 Å². The third-order valence-electron chi connectivity index (χ3n) is 6.58. The lowest BCUT2D eigenvalue weighted by Crippen LogP contribution is -2.43. The predicted octanol–water partition coefficient (Wildman–Crippen LogP) is 4.90. The van der Waals surface area contributed by atoms with Gasteiger partial charge in [-0.1, -0.05) is 42.8 Å². The maximum Gasteiger partial charge on any atom is 0.144 e. The van der Waals surface area contributed by atoms with E-state index in [0.717, 1.165) is 38.5 Å². The van der Waals surface area contributed by atoms with Gasteiger partial charge in [0.05, 0.1) is 5.41 Å². The molecular formula is C22H22O. The molecule has 2 bridgehead atoms. The first kappa shape index (κ1) is 13.5. The minimum Gasteiger partial charge on any atom is -0.299 e. The van der Waals surface area contributed by atoms with E-state index in [1.54, 1.807) is 0 Å². The van der Waals surface area contributed by atoms with E-state index in [1.807, 2.05) is 0 Å². The molecule has 1 fully saturated rings. The summed E-state index contributed by atoms with van der Waals surface area (Å²) in [7, 11) is 0. The molecule has 5 rings (SSSR count). The summed E-state index contributed by atoms with van der Waals surface area (Å²) < 4.78 is 0. The summed E-state index contributed by atoms with van der Waals surface area (Å²) in [4.78, 5) is 13.0. The fourth-order valence-corrected chi connectivity index (χ4v) is 5.44. The first-order valence-corrected chi connectivity index (χ1v) is 8.98. The molecule has 1 saturated carbocycles. The van der Waals surface area contributed by atoms with E-state index < -0.39 is 0 Å². The number of benzene rings is 2. The molecule has 0 N–H and O–H groups in total. The predicted molar refractivity (Wildman–Crippen MR) is 93.8 cm³/mol. The van der Waals surface area contributed by atoms with Crippen LogP contribution in [0.3, 0.4) is 0 Å². The largest absolute Gasteiger partial charge is 0.299 e. The van der Waals surface area contributed by atoms with Crippen LogP contribution in [-0.2, 0) is 23.1 Å². The van der Waals surface area contributed by atoms with Gasteiger partial charge < -0.3 is 0 Å². The molecule has 23 heavy (non-hydrogen) atoms. The van der Waals surface area contributed by atoms with Gasteiger partial charge in [0, 0.05) is 6.42 Å². The first-order chi connectivity index (χ1) is 11.2. The van der Waals surface area contributed by atoms with Crippen LogP contribution in [0, 0.1) is 5.92 Å². The number of rotatable bonds is 1. The van der Waals surface area contributed by atoms with E-state index in [9.17, 15) is 4.79 Å². The summed E-state index contributed by atoms with van der Waals surface area (Å²) in [6, 6.07) is 11.4. The lowest BCUT2D eigenvalue weighted by Gasteiger charge is -2.40. The number of Topliss-reactive ketones (excluding diaryl/α,β-unsaturated/α-hetero) is 1. The van der Waals surface area contributed by atoms with Crippen LogP contribution < -0.4 is 0 Å².